The fourth-order valence-electron chi connectivity index (χ4n) is 3.15. The normalized spacial score (nSPS) is 20.2. The van der Waals surface area contributed by atoms with Gasteiger partial charge in [0, 0.05) is 42.3 Å². The summed E-state index contributed by atoms with van der Waals surface area (Å²) in [5, 5.41) is 11.7. The summed E-state index contributed by atoms with van der Waals surface area (Å²) in [6.45, 7) is 3.36. The molecule has 1 amide bonds. The first-order valence-electron chi connectivity index (χ1n) is 8.95. The number of rotatable bonds is 4. The first kappa shape index (κ1) is 17.3. The maximum absolute atomic E-state index is 12.3. The zero-order chi connectivity index (χ0) is 17.8. The van der Waals surface area contributed by atoms with Gasteiger partial charge in [0.15, 0.2) is 5.82 Å². The zero-order valence-electron chi connectivity index (χ0n) is 14.6. The van der Waals surface area contributed by atoms with Crippen LogP contribution in [0, 0.1) is 0 Å². The van der Waals surface area contributed by atoms with Gasteiger partial charge in [-0.3, -0.25) is 4.79 Å². The van der Waals surface area contributed by atoms with Crippen LogP contribution >= 0.6 is 11.8 Å². The Labute approximate surface area is 157 Å². The number of aromatic nitrogens is 2. The molecule has 1 N–H and O–H groups in total. The minimum absolute atomic E-state index is 0.0588. The van der Waals surface area contributed by atoms with Crippen LogP contribution in [-0.2, 0) is 4.74 Å². The highest BCUT2D eigenvalue weighted by molar-refractivity contribution is 7.99. The van der Waals surface area contributed by atoms with Crippen molar-refractivity contribution in [1.29, 1.82) is 0 Å². The van der Waals surface area contributed by atoms with Gasteiger partial charge in [0.25, 0.3) is 5.91 Å². The number of hydrogen-bond donors (Lipinski definition) is 1. The number of nitrogens with one attached hydrogen (secondary N) is 1. The van der Waals surface area contributed by atoms with E-state index in [0.29, 0.717) is 12.2 Å². The van der Waals surface area contributed by atoms with E-state index < -0.39 is 0 Å². The standard InChI is InChI=1S/C19H22N4O2S/c24-19(20-16-7-10-25-13-16)15-3-1-14(2-4-15)17-5-6-18(22-21-17)23-8-11-26-12-9-23/h1-6,16H,7-13H2,(H,20,24). The second kappa shape index (κ2) is 8.05. The molecular weight excluding hydrogens is 348 g/mol. The van der Waals surface area contributed by atoms with Crippen LogP contribution in [0.2, 0.25) is 0 Å². The molecule has 2 aliphatic rings. The molecule has 1 aromatic carbocycles. The molecule has 136 valence electrons. The Bertz CT molecular complexity index is 739. The number of hydrogen-bond acceptors (Lipinski definition) is 6. The van der Waals surface area contributed by atoms with Crippen molar-refractivity contribution in [3.05, 3.63) is 42.0 Å². The quantitative estimate of drug-likeness (QED) is 0.890. The molecular formula is C19H22N4O2S. The number of carbonyl (C=O) groups is 1. The van der Waals surface area contributed by atoms with Gasteiger partial charge in [0.1, 0.15) is 0 Å². The molecule has 0 saturated carbocycles. The Morgan fingerprint density at radius 2 is 1.92 bits per heavy atom. The van der Waals surface area contributed by atoms with Gasteiger partial charge in [-0.05, 0) is 30.7 Å². The summed E-state index contributed by atoms with van der Waals surface area (Å²) in [5.41, 5.74) is 2.42. The number of nitrogens with zero attached hydrogens (tertiary/aromatic N) is 3. The minimum Gasteiger partial charge on any atom is -0.379 e. The van der Waals surface area contributed by atoms with Crippen molar-refractivity contribution in [2.24, 2.45) is 0 Å². The van der Waals surface area contributed by atoms with Crippen LogP contribution in [0.1, 0.15) is 16.8 Å². The van der Waals surface area contributed by atoms with Gasteiger partial charge >= 0.3 is 0 Å². The van der Waals surface area contributed by atoms with Crippen LogP contribution < -0.4 is 10.2 Å². The molecule has 2 aromatic rings. The average molecular weight is 370 g/mol. The van der Waals surface area contributed by atoms with Crippen molar-refractivity contribution >= 4 is 23.5 Å². The van der Waals surface area contributed by atoms with E-state index >= 15 is 0 Å². The molecule has 4 rings (SSSR count). The number of anilines is 1. The van der Waals surface area contributed by atoms with Gasteiger partial charge in [-0.2, -0.15) is 11.8 Å². The van der Waals surface area contributed by atoms with E-state index in [1.54, 1.807) is 0 Å². The van der Waals surface area contributed by atoms with Crippen LogP contribution in [-0.4, -0.2) is 60.0 Å². The Balaban J connectivity index is 1.42. The lowest BCUT2D eigenvalue weighted by molar-refractivity contribution is 0.0930. The summed E-state index contributed by atoms with van der Waals surface area (Å²) in [6, 6.07) is 11.6. The van der Waals surface area contributed by atoms with Crippen molar-refractivity contribution in [3.8, 4) is 11.3 Å². The highest BCUT2D eigenvalue weighted by Gasteiger charge is 2.18. The van der Waals surface area contributed by atoms with Crippen LogP contribution in [0.15, 0.2) is 36.4 Å². The average Bonchev–Trinajstić information content (AvgIpc) is 3.22. The maximum atomic E-state index is 12.3. The molecule has 0 radical (unpaired) electrons. The topological polar surface area (TPSA) is 67.3 Å². The van der Waals surface area contributed by atoms with E-state index in [0.717, 1.165) is 54.7 Å². The van der Waals surface area contributed by atoms with Crippen LogP contribution in [0.5, 0.6) is 0 Å². The second-order valence-electron chi connectivity index (χ2n) is 6.49. The van der Waals surface area contributed by atoms with Crippen molar-refractivity contribution in [3.63, 3.8) is 0 Å². The molecule has 2 saturated heterocycles. The van der Waals surface area contributed by atoms with Gasteiger partial charge < -0.3 is 15.0 Å². The van der Waals surface area contributed by atoms with Gasteiger partial charge in [0.2, 0.25) is 0 Å². The largest absolute Gasteiger partial charge is 0.379 e. The Hall–Kier alpha value is -2.12. The monoisotopic (exact) mass is 370 g/mol. The van der Waals surface area contributed by atoms with E-state index in [2.05, 4.69) is 20.4 Å². The number of benzene rings is 1. The van der Waals surface area contributed by atoms with Gasteiger partial charge in [0.05, 0.1) is 18.3 Å². The molecule has 1 aromatic heterocycles. The number of amides is 1. The molecule has 1 atom stereocenters. The van der Waals surface area contributed by atoms with E-state index in [9.17, 15) is 4.79 Å². The molecule has 26 heavy (non-hydrogen) atoms. The lowest BCUT2D eigenvalue weighted by atomic mass is 10.1. The summed E-state index contributed by atoms with van der Waals surface area (Å²) in [5.74, 6) is 3.15. The summed E-state index contributed by atoms with van der Waals surface area (Å²) < 4.78 is 5.29. The lowest BCUT2D eigenvalue weighted by Gasteiger charge is -2.26. The third-order valence-corrected chi connectivity index (χ3v) is 5.64. The van der Waals surface area contributed by atoms with E-state index in [1.165, 1.54) is 0 Å². The summed E-state index contributed by atoms with van der Waals surface area (Å²) >= 11 is 1.98. The first-order valence-corrected chi connectivity index (χ1v) is 10.1. The third kappa shape index (κ3) is 3.99. The molecule has 7 heteroatoms. The predicted octanol–water partition coefficient (Wildman–Crippen LogP) is 2.22. The first-order chi connectivity index (χ1) is 12.8. The van der Waals surface area contributed by atoms with Crippen molar-refractivity contribution < 1.29 is 9.53 Å². The zero-order valence-corrected chi connectivity index (χ0v) is 15.4. The van der Waals surface area contributed by atoms with Gasteiger partial charge in [-0.1, -0.05) is 12.1 Å². The number of thioether (sulfide) groups is 1. The Morgan fingerprint density at radius 3 is 2.58 bits per heavy atom. The predicted molar refractivity (Wildman–Crippen MR) is 104 cm³/mol. The smallest absolute Gasteiger partial charge is 0.251 e. The van der Waals surface area contributed by atoms with Gasteiger partial charge in [-0.25, -0.2) is 0 Å². The summed E-state index contributed by atoms with van der Waals surface area (Å²) in [6.07, 6.45) is 0.876. The highest BCUT2D eigenvalue weighted by atomic mass is 32.2. The number of ether oxygens (including phenoxy) is 1. The molecule has 1 unspecified atom stereocenters. The van der Waals surface area contributed by atoms with E-state index in [1.807, 2.05) is 48.2 Å². The van der Waals surface area contributed by atoms with E-state index in [4.69, 9.17) is 4.74 Å². The van der Waals surface area contributed by atoms with Crippen molar-refractivity contribution in [1.82, 2.24) is 15.5 Å². The molecule has 0 spiro atoms. The van der Waals surface area contributed by atoms with Crippen LogP contribution in [0.3, 0.4) is 0 Å². The number of carbonyl (C=O) groups excluding carboxylic acids is 1. The summed E-state index contributed by atoms with van der Waals surface area (Å²) in [4.78, 5) is 14.5. The third-order valence-electron chi connectivity index (χ3n) is 4.69. The van der Waals surface area contributed by atoms with Gasteiger partial charge in [-0.15, -0.1) is 10.2 Å². The Kier molecular flexibility index (Phi) is 5.36. The second-order valence-corrected chi connectivity index (χ2v) is 7.71. The molecule has 0 bridgehead atoms. The molecule has 3 heterocycles. The SMILES string of the molecule is O=C(NC1CCOC1)c1ccc(-c2ccc(N3CCSCC3)nn2)cc1. The van der Waals surface area contributed by atoms with Crippen LogP contribution in [0.25, 0.3) is 11.3 Å². The van der Waals surface area contributed by atoms with E-state index in [-0.39, 0.29) is 11.9 Å². The fourth-order valence-corrected chi connectivity index (χ4v) is 4.05. The van der Waals surface area contributed by atoms with Crippen molar-refractivity contribution in [2.75, 3.05) is 42.7 Å². The Morgan fingerprint density at radius 1 is 1.12 bits per heavy atom. The lowest BCUT2D eigenvalue weighted by Crippen LogP contribution is -2.34. The minimum atomic E-state index is -0.0588. The maximum Gasteiger partial charge on any atom is 0.251 e. The molecule has 2 fully saturated rings. The highest BCUT2D eigenvalue weighted by Crippen LogP contribution is 2.21. The van der Waals surface area contributed by atoms with Crippen LogP contribution in [0.4, 0.5) is 5.82 Å². The molecule has 2 aliphatic heterocycles. The van der Waals surface area contributed by atoms with Crippen molar-refractivity contribution in [2.45, 2.75) is 12.5 Å². The molecule has 0 aliphatic carbocycles. The fraction of sp³-hybridized carbons (Fsp3) is 0.421. The summed E-state index contributed by atoms with van der Waals surface area (Å²) in [7, 11) is 0. The molecule has 6 nitrogen and oxygen atoms in total.